The molecule has 0 saturated heterocycles. The van der Waals surface area contributed by atoms with Crippen molar-refractivity contribution in [3.05, 3.63) is 35.4 Å². The molecule has 4 N–H and O–H groups in total. The van der Waals surface area contributed by atoms with Gasteiger partial charge in [0.25, 0.3) is 0 Å². The van der Waals surface area contributed by atoms with Crippen molar-refractivity contribution in [1.29, 1.82) is 0 Å². The molecule has 0 amide bonds. The molecule has 0 aliphatic heterocycles. The van der Waals surface area contributed by atoms with E-state index in [9.17, 15) is 0 Å². The van der Waals surface area contributed by atoms with Crippen LogP contribution in [0.4, 0.5) is 0 Å². The van der Waals surface area contributed by atoms with Crippen LogP contribution in [0.25, 0.3) is 0 Å². The highest BCUT2D eigenvalue weighted by Gasteiger charge is 2.04. The number of hydrogen-bond acceptors (Lipinski definition) is 2. The summed E-state index contributed by atoms with van der Waals surface area (Å²) >= 11 is 0. The molecule has 1 aromatic carbocycles. The summed E-state index contributed by atoms with van der Waals surface area (Å²) in [6.07, 6.45) is 3.21. The lowest BCUT2D eigenvalue weighted by Gasteiger charge is -2.12. The zero-order chi connectivity index (χ0) is 10.4. The van der Waals surface area contributed by atoms with E-state index in [0.717, 1.165) is 25.8 Å². The van der Waals surface area contributed by atoms with Crippen LogP contribution in [-0.4, -0.2) is 6.54 Å². The lowest BCUT2D eigenvalue weighted by Crippen LogP contribution is -2.11. The summed E-state index contributed by atoms with van der Waals surface area (Å²) in [5, 5.41) is 0. The second kappa shape index (κ2) is 5.78. The normalized spacial score (nSPS) is 12.8. The summed E-state index contributed by atoms with van der Waals surface area (Å²) in [6, 6.07) is 8.58. The highest BCUT2D eigenvalue weighted by molar-refractivity contribution is 5.24. The van der Waals surface area contributed by atoms with Gasteiger partial charge in [0.15, 0.2) is 0 Å². The van der Waals surface area contributed by atoms with Gasteiger partial charge in [-0.15, -0.1) is 0 Å². The Morgan fingerprint density at radius 3 is 2.71 bits per heavy atom. The van der Waals surface area contributed by atoms with E-state index >= 15 is 0 Å². The molecule has 0 fully saturated rings. The van der Waals surface area contributed by atoms with Crippen molar-refractivity contribution in [3.8, 4) is 0 Å². The second-order valence-electron chi connectivity index (χ2n) is 3.81. The first-order valence-corrected chi connectivity index (χ1v) is 5.26. The van der Waals surface area contributed by atoms with Crippen LogP contribution in [0.5, 0.6) is 0 Å². The Labute approximate surface area is 86.3 Å². The highest BCUT2D eigenvalue weighted by atomic mass is 14.6. The monoisotopic (exact) mass is 192 g/mol. The quantitative estimate of drug-likeness (QED) is 0.702. The summed E-state index contributed by atoms with van der Waals surface area (Å²) in [4.78, 5) is 0. The number of unbranched alkanes of at least 4 members (excludes halogenated alkanes) is 1. The maximum atomic E-state index is 6.06. The maximum absolute atomic E-state index is 6.06. The lowest BCUT2D eigenvalue weighted by atomic mass is 10.0. The molecule has 0 radical (unpaired) electrons. The van der Waals surface area contributed by atoms with Gasteiger partial charge in [0, 0.05) is 6.04 Å². The minimum absolute atomic E-state index is 0.168. The van der Waals surface area contributed by atoms with Gasteiger partial charge >= 0.3 is 0 Å². The SMILES string of the molecule is Cc1cccc([C@@H](N)CCCCN)c1. The van der Waals surface area contributed by atoms with E-state index in [1.54, 1.807) is 0 Å². The molecule has 14 heavy (non-hydrogen) atoms. The average molecular weight is 192 g/mol. The molecular weight excluding hydrogens is 172 g/mol. The van der Waals surface area contributed by atoms with Gasteiger partial charge in [-0.05, 0) is 31.9 Å². The van der Waals surface area contributed by atoms with Gasteiger partial charge in [0.2, 0.25) is 0 Å². The van der Waals surface area contributed by atoms with E-state index in [4.69, 9.17) is 11.5 Å². The fourth-order valence-corrected chi connectivity index (χ4v) is 1.58. The molecule has 0 heterocycles. The maximum Gasteiger partial charge on any atom is 0.0294 e. The molecule has 0 saturated carbocycles. The van der Waals surface area contributed by atoms with Crippen LogP contribution in [0.1, 0.15) is 36.4 Å². The molecule has 2 nitrogen and oxygen atoms in total. The van der Waals surface area contributed by atoms with Crippen LogP contribution >= 0.6 is 0 Å². The third-order valence-corrected chi connectivity index (χ3v) is 2.44. The van der Waals surface area contributed by atoms with E-state index in [1.165, 1.54) is 11.1 Å². The fourth-order valence-electron chi connectivity index (χ4n) is 1.58. The standard InChI is InChI=1S/C12H20N2/c1-10-5-4-6-11(9-10)12(14)7-2-3-8-13/h4-6,9,12H,2-3,7-8,13-14H2,1H3/t12-/m0/s1. The molecule has 0 aliphatic rings. The molecule has 1 rings (SSSR count). The summed E-state index contributed by atoms with van der Waals surface area (Å²) in [5.74, 6) is 0. The summed E-state index contributed by atoms with van der Waals surface area (Å²) in [5.41, 5.74) is 14.0. The van der Waals surface area contributed by atoms with Crippen molar-refractivity contribution in [2.24, 2.45) is 11.5 Å². The minimum atomic E-state index is 0.168. The minimum Gasteiger partial charge on any atom is -0.330 e. The molecule has 0 bridgehead atoms. The van der Waals surface area contributed by atoms with Crippen molar-refractivity contribution >= 4 is 0 Å². The number of nitrogens with two attached hydrogens (primary N) is 2. The van der Waals surface area contributed by atoms with E-state index < -0.39 is 0 Å². The van der Waals surface area contributed by atoms with Gasteiger partial charge in [-0.2, -0.15) is 0 Å². The molecule has 78 valence electrons. The summed E-state index contributed by atoms with van der Waals surface area (Å²) in [6.45, 7) is 2.86. The zero-order valence-corrected chi connectivity index (χ0v) is 8.87. The van der Waals surface area contributed by atoms with Gasteiger partial charge in [-0.25, -0.2) is 0 Å². The van der Waals surface area contributed by atoms with Gasteiger partial charge in [-0.3, -0.25) is 0 Å². The van der Waals surface area contributed by atoms with E-state index in [-0.39, 0.29) is 6.04 Å². The Balaban J connectivity index is 2.47. The molecule has 0 spiro atoms. The van der Waals surface area contributed by atoms with Crippen molar-refractivity contribution in [2.75, 3.05) is 6.54 Å². The second-order valence-corrected chi connectivity index (χ2v) is 3.81. The van der Waals surface area contributed by atoms with E-state index in [1.807, 2.05) is 0 Å². The van der Waals surface area contributed by atoms with E-state index in [0.29, 0.717) is 0 Å². The van der Waals surface area contributed by atoms with Gasteiger partial charge in [0.05, 0.1) is 0 Å². The van der Waals surface area contributed by atoms with Crippen molar-refractivity contribution in [3.63, 3.8) is 0 Å². The number of hydrogen-bond donors (Lipinski definition) is 2. The van der Waals surface area contributed by atoms with Gasteiger partial charge < -0.3 is 11.5 Å². The number of rotatable bonds is 5. The van der Waals surface area contributed by atoms with Crippen LogP contribution in [-0.2, 0) is 0 Å². The summed E-state index contributed by atoms with van der Waals surface area (Å²) in [7, 11) is 0. The van der Waals surface area contributed by atoms with Crippen LogP contribution in [0, 0.1) is 6.92 Å². The Morgan fingerprint density at radius 1 is 1.29 bits per heavy atom. The smallest absolute Gasteiger partial charge is 0.0294 e. The molecular formula is C12H20N2. The predicted octanol–water partition coefficient (Wildman–Crippen LogP) is 2.12. The van der Waals surface area contributed by atoms with Gasteiger partial charge in [-0.1, -0.05) is 36.2 Å². The largest absolute Gasteiger partial charge is 0.330 e. The van der Waals surface area contributed by atoms with Crippen molar-refractivity contribution < 1.29 is 0 Å². The number of aryl methyl sites for hydroxylation is 1. The Kier molecular flexibility index (Phi) is 4.63. The first-order valence-electron chi connectivity index (χ1n) is 5.26. The average Bonchev–Trinajstić information content (AvgIpc) is 2.18. The fraction of sp³-hybridized carbons (Fsp3) is 0.500. The lowest BCUT2D eigenvalue weighted by molar-refractivity contribution is 0.591. The topological polar surface area (TPSA) is 52.0 Å². The molecule has 1 aromatic rings. The van der Waals surface area contributed by atoms with Crippen LogP contribution in [0.3, 0.4) is 0 Å². The molecule has 0 unspecified atom stereocenters. The Morgan fingerprint density at radius 2 is 2.07 bits per heavy atom. The number of benzene rings is 1. The summed E-state index contributed by atoms with van der Waals surface area (Å²) < 4.78 is 0. The third kappa shape index (κ3) is 3.48. The Hall–Kier alpha value is -0.860. The molecule has 0 aromatic heterocycles. The first kappa shape index (κ1) is 11.2. The van der Waals surface area contributed by atoms with Crippen molar-refractivity contribution in [1.82, 2.24) is 0 Å². The van der Waals surface area contributed by atoms with Crippen LogP contribution in [0.15, 0.2) is 24.3 Å². The third-order valence-electron chi connectivity index (χ3n) is 2.44. The van der Waals surface area contributed by atoms with Crippen LogP contribution < -0.4 is 11.5 Å². The molecule has 1 atom stereocenters. The van der Waals surface area contributed by atoms with E-state index in [2.05, 4.69) is 31.2 Å². The van der Waals surface area contributed by atoms with Crippen LogP contribution in [0.2, 0.25) is 0 Å². The van der Waals surface area contributed by atoms with Gasteiger partial charge in [0.1, 0.15) is 0 Å². The zero-order valence-electron chi connectivity index (χ0n) is 8.87. The van der Waals surface area contributed by atoms with Crippen molar-refractivity contribution in [2.45, 2.75) is 32.2 Å². The molecule has 0 aliphatic carbocycles. The highest BCUT2D eigenvalue weighted by Crippen LogP contribution is 2.17. The first-order chi connectivity index (χ1) is 6.74. The predicted molar refractivity (Wildman–Crippen MR) is 61.0 cm³/mol. The molecule has 2 heteroatoms. The Bertz CT molecular complexity index is 271.